The molecule has 1 aromatic heterocycles. The molecule has 0 spiro atoms. The van der Waals surface area contributed by atoms with Crippen molar-refractivity contribution in [1.29, 1.82) is 10.8 Å². The van der Waals surface area contributed by atoms with Gasteiger partial charge < -0.3 is 15.2 Å². The first kappa shape index (κ1) is 27.5. The van der Waals surface area contributed by atoms with Gasteiger partial charge in [0.25, 0.3) is 0 Å². The number of nitrogens with two attached hydrogens (primary N) is 2. The molecule has 0 radical (unpaired) electrons. The van der Waals surface area contributed by atoms with Gasteiger partial charge in [0.15, 0.2) is 11.7 Å². The molecule has 38 heavy (non-hydrogen) atoms. The molecule has 1 aromatic carbocycles. The van der Waals surface area contributed by atoms with Gasteiger partial charge in [0.05, 0.1) is 11.4 Å². The van der Waals surface area contributed by atoms with Crippen molar-refractivity contribution in [3.63, 3.8) is 0 Å². The van der Waals surface area contributed by atoms with Gasteiger partial charge in [0.2, 0.25) is 0 Å². The van der Waals surface area contributed by atoms with Gasteiger partial charge in [-0.3, -0.25) is 20.7 Å². The quantitative estimate of drug-likeness (QED) is 0.112. The van der Waals surface area contributed by atoms with Crippen LogP contribution in [0.4, 0.5) is 10.1 Å². The van der Waals surface area contributed by atoms with Gasteiger partial charge >= 0.3 is 0 Å². The lowest BCUT2D eigenvalue weighted by Gasteiger charge is -2.37. The molecule has 1 fully saturated rings. The first-order valence-electron chi connectivity index (χ1n) is 12.7. The first-order valence-corrected chi connectivity index (χ1v) is 12.7. The van der Waals surface area contributed by atoms with E-state index in [-0.39, 0.29) is 30.0 Å². The highest BCUT2D eigenvalue weighted by Crippen LogP contribution is 2.28. The molecular weight excluding hydrogens is 489 g/mol. The lowest BCUT2D eigenvalue weighted by Crippen LogP contribution is -2.52. The van der Waals surface area contributed by atoms with E-state index >= 15 is 0 Å². The van der Waals surface area contributed by atoms with Gasteiger partial charge in [0.1, 0.15) is 23.3 Å². The second-order valence-corrected chi connectivity index (χ2v) is 9.50. The summed E-state index contributed by atoms with van der Waals surface area (Å²) in [4.78, 5) is 8.83. The summed E-state index contributed by atoms with van der Waals surface area (Å²) in [5, 5.41) is 24.4. The lowest BCUT2D eigenvalue weighted by molar-refractivity contribution is 0.231. The molecule has 0 saturated carbocycles. The Balaban J connectivity index is 1.29. The van der Waals surface area contributed by atoms with Crippen LogP contribution in [0, 0.1) is 41.3 Å². The number of fused-ring (bicyclic) bond motifs is 1. The molecule has 0 aliphatic carbocycles. The zero-order valence-corrected chi connectivity index (χ0v) is 22.1. The number of aryl methyl sites for hydroxylation is 1. The maximum Gasteiger partial charge on any atom is 0.180 e. The van der Waals surface area contributed by atoms with E-state index in [0.717, 1.165) is 24.2 Å². The fraction of sp³-hybridized carbons (Fsp3) is 0.520. The summed E-state index contributed by atoms with van der Waals surface area (Å²) in [5.41, 5.74) is 10.8. The highest BCUT2D eigenvalue weighted by molar-refractivity contribution is 6.01. The zero-order valence-electron chi connectivity index (χ0n) is 22.1. The molecule has 4 rings (SSSR count). The minimum Gasteiger partial charge on any atom is -0.367 e. The highest BCUT2D eigenvalue weighted by atomic mass is 19.1. The van der Waals surface area contributed by atoms with Crippen molar-refractivity contribution < 1.29 is 8.91 Å². The van der Waals surface area contributed by atoms with Crippen molar-refractivity contribution >= 4 is 34.2 Å². The number of halogens is 1. The first-order chi connectivity index (χ1) is 18.2. The minimum atomic E-state index is -0.425. The molecule has 12 nitrogen and oxygen atoms in total. The van der Waals surface area contributed by atoms with Crippen molar-refractivity contribution in [3.05, 3.63) is 23.6 Å². The molecule has 7 N–H and O–H groups in total. The Morgan fingerprint density at radius 3 is 2.71 bits per heavy atom. The summed E-state index contributed by atoms with van der Waals surface area (Å²) in [5.74, 6) is 12.5. The fourth-order valence-corrected chi connectivity index (χ4v) is 4.71. The van der Waals surface area contributed by atoms with Gasteiger partial charge in [-0.05, 0) is 26.8 Å². The Morgan fingerprint density at radius 1 is 1.32 bits per heavy atom. The van der Waals surface area contributed by atoms with Crippen LogP contribution < -0.4 is 21.9 Å². The van der Waals surface area contributed by atoms with Crippen LogP contribution in [0.15, 0.2) is 21.6 Å². The van der Waals surface area contributed by atoms with Crippen molar-refractivity contribution in [2.45, 2.75) is 33.4 Å². The summed E-state index contributed by atoms with van der Waals surface area (Å²) < 4.78 is 19.9. The Hall–Kier alpha value is -3.57. The number of aliphatic imine (C=N–C) groups is 1. The molecule has 2 aliphatic heterocycles. The van der Waals surface area contributed by atoms with Crippen LogP contribution in [0.2, 0.25) is 0 Å². The summed E-state index contributed by atoms with van der Waals surface area (Å²) >= 11 is 0. The van der Waals surface area contributed by atoms with E-state index < -0.39 is 6.17 Å². The van der Waals surface area contributed by atoms with E-state index in [0.29, 0.717) is 49.7 Å². The van der Waals surface area contributed by atoms with Crippen molar-refractivity contribution in [2.24, 2.45) is 22.5 Å². The molecule has 0 amide bonds. The van der Waals surface area contributed by atoms with E-state index in [2.05, 4.69) is 32.3 Å². The van der Waals surface area contributed by atoms with Crippen LogP contribution in [0.25, 0.3) is 11.0 Å². The second-order valence-electron chi connectivity index (χ2n) is 9.50. The smallest absolute Gasteiger partial charge is 0.180 e. The zero-order chi connectivity index (χ0) is 27.4. The van der Waals surface area contributed by atoms with Gasteiger partial charge in [-0.1, -0.05) is 11.1 Å². The summed E-state index contributed by atoms with van der Waals surface area (Å²) in [6.07, 6.45) is -0.0553. The third-order valence-electron chi connectivity index (χ3n) is 6.90. The average molecular weight is 526 g/mol. The monoisotopic (exact) mass is 525 g/mol. The van der Waals surface area contributed by atoms with Gasteiger partial charge in [-0.25, -0.2) is 20.2 Å². The lowest BCUT2D eigenvalue weighted by atomic mass is 10.0. The van der Waals surface area contributed by atoms with E-state index in [1.165, 1.54) is 11.1 Å². The molecule has 1 saturated heterocycles. The van der Waals surface area contributed by atoms with Crippen LogP contribution in [-0.4, -0.2) is 89.6 Å². The number of hydrogen-bond acceptors (Lipinski definition) is 10. The van der Waals surface area contributed by atoms with E-state index in [1.807, 2.05) is 17.9 Å². The van der Waals surface area contributed by atoms with Crippen molar-refractivity contribution in [3.8, 4) is 11.8 Å². The number of piperazine rings is 1. The molecule has 2 aliphatic rings. The van der Waals surface area contributed by atoms with Crippen LogP contribution in [0.5, 0.6) is 0 Å². The molecule has 2 unspecified atom stereocenters. The van der Waals surface area contributed by atoms with Crippen molar-refractivity contribution in [1.82, 2.24) is 25.5 Å². The Kier molecular flexibility index (Phi) is 8.58. The van der Waals surface area contributed by atoms with Crippen LogP contribution in [-0.2, 0) is 0 Å². The number of anilines is 1. The predicted molar refractivity (Wildman–Crippen MR) is 146 cm³/mol. The molecule has 3 heterocycles. The van der Waals surface area contributed by atoms with E-state index in [4.69, 9.17) is 26.9 Å². The molecule has 2 atom stereocenters. The molecular formula is C25H36FN11O. The van der Waals surface area contributed by atoms with Crippen molar-refractivity contribution in [2.75, 3.05) is 50.7 Å². The highest BCUT2D eigenvalue weighted by Gasteiger charge is 2.29. The van der Waals surface area contributed by atoms with Crippen LogP contribution >= 0.6 is 0 Å². The second kappa shape index (κ2) is 11.9. The minimum absolute atomic E-state index is 0.223. The number of hydrazine groups is 2. The number of nitrogens with one attached hydrogen (secondary N) is 3. The summed E-state index contributed by atoms with van der Waals surface area (Å²) in [6, 6.07) is 3.21. The summed E-state index contributed by atoms with van der Waals surface area (Å²) in [7, 11) is 0. The molecule has 204 valence electrons. The average Bonchev–Trinajstić information content (AvgIpc) is 3.48. The third-order valence-corrected chi connectivity index (χ3v) is 6.90. The van der Waals surface area contributed by atoms with Gasteiger partial charge in [0, 0.05) is 69.6 Å². The van der Waals surface area contributed by atoms with Gasteiger partial charge in [-0.2, -0.15) is 5.43 Å². The van der Waals surface area contributed by atoms with E-state index in [9.17, 15) is 4.39 Å². The predicted octanol–water partition coefficient (Wildman–Crippen LogP) is 1.08. The fourth-order valence-electron chi connectivity index (χ4n) is 4.71. The van der Waals surface area contributed by atoms with Crippen LogP contribution in [0.3, 0.4) is 0 Å². The topological polar surface area (TPSA) is 163 Å². The maximum atomic E-state index is 14.7. The Labute approximate surface area is 221 Å². The number of nitrogens with zero attached hydrogens (tertiary/aromatic N) is 6. The largest absolute Gasteiger partial charge is 0.367 e. The third kappa shape index (κ3) is 5.94. The number of benzene rings is 1. The van der Waals surface area contributed by atoms with Crippen LogP contribution in [0.1, 0.15) is 26.0 Å². The number of aromatic nitrogens is 1. The van der Waals surface area contributed by atoms with Gasteiger partial charge in [-0.15, -0.1) is 5.92 Å². The SMILES string of the molecule is CC#CC1N=C(CC(CN)C(=N)N(N)CCN2CCN(c3cc4c(C)noc4cc3F)CC2)N(C(C)=N)N1. The standard InChI is InChI=1S/C25H36FN11O/c1-4-5-23-31-24(37(32-23)17(3)28)12-18(15-27)25(29)36(30)11-8-34-6-9-35(10-7-34)21-13-19-16(2)33-38-22(19)14-20(21)26/h13-14,18,23,28-29,32H,6-12,15,27,30H2,1-3H3. The molecule has 0 bridgehead atoms. The molecule has 13 heteroatoms. The normalized spacial score (nSPS) is 18.8. The summed E-state index contributed by atoms with van der Waals surface area (Å²) in [6.45, 7) is 9.42. The number of amidine groups is 3. The molecule has 2 aromatic rings. The maximum absolute atomic E-state index is 14.7. The Bertz CT molecular complexity index is 1270. The number of rotatable bonds is 8. The Morgan fingerprint density at radius 2 is 2.05 bits per heavy atom. The number of hydrogen-bond donors (Lipinski definition) is 5. The van der Waals surface area contributed by atoms with E-state index in [1.54, 1.807) is 18.9 Å².